The summed E-state index contributed by atoms with van der Waals surface area (Å²) in [7, 11) is 0. The Kier molecular flexibility index (Phi) is 5.18. The molecule has 0 bridgehead atoms. The first-order chi connectivity index (χ1) is 8.65. The van der Waals surface area contributed by atoms with Gasteiger partial charge in [-0.05, 0) is 37.5 Å². The number of hydrogen-bond acceptors (Lipinski definition) is 3. The van der Waals surface area contributed by atoms with Crippen molar-refractivity contribution in [3.05, 3.63) is 34.3 Å². The summed E-state index contributed by atoms with van der Waals surface area (Å²) in [5.41, 5.74) is 0.942. The van der Waals surface area contributed by atoms with E-state index in [-0.39, 0.29) is 0 Å². The van der Waals surface area contributed by atoms with Crippen LogP contribution in [-0.2, 0) is 4.74 Å². The van der Waals surface area contributed by atoms with Crippen LogP contribution in [0.3, 0.4) is 0 Å². The molecular formula is C14H20BrNO2. The van der Waals surface area contributed by atoms with Crippen LogP contribution >= 0.6 is 15.9 Å². The molecule has 1 aliphatic heterocycles. The fraction of sp³-hybridized carbons (Fsp3) is 0.571. The lowest BCUT2D eigenvalue weighted by molar-refractivity contribution is 0.0109. The summed E-state index contributed by atoms with van der Waals surface area (Å²) in [4.78, 5) is 0. The third-order valence-electron chi connectivity index (χ3n) is 3.32. The summed E-state index contributed by atoms with van der Waals surface area (Å²) in [6.45, 7) is 3.50. The van der Waals surface area contributed by atoms with E-state index >= 15 is 0 Å². The first kappa shape index (κ1) is 14.0. The minimum atomic E-state index is -0.458. The molecule has 0 aromatic heterocycles. The Morgan fingerprint density at radius 1 is 1.56 bits per heavy atom. The Balaban J connectivity index is 1.82. The molecule has 0 saturated carbocycles. The first-order valence-corrected chi connectivity index (χ1v) is 7.23. The highest BCUT2D eigenvalue weighted by atomic mass is 79.9. The van der Waals surface area contributed by atoms with E-state index in [2.05, 4.69) is 28.2 Å². The molecule has 1 aromatic rings. The van der Waals surface area contributed by atoms with Crippen LogP contribution in [0.15, 0.2) is 28.7 Å². The molecular weight excluding hydrogens is 294 g/mol. The predicted octanol–water partition coefficient (Wildman–Crippen LogP) is 2.64. The van der Waals surface area contributed by atoms with Crippen molar-refractivity contribution in [3.63, 3.8) is 0 Å². The van der Waals surface area contributed by atoms with Crippen LogP contribution in [0, 0.1) is 0 Å². The van der Waals surface area contributed by atoms with Crippen LogP contribution in [0.1, 0.15) is 31.4 Å². The van der Waals surface area contributed by atoms with E-state index in [1.165, 1.54) is 0 Å². The standard InChI is InChI=1S/C14H20BrNO2/c1-10-7-13(5-6-18-10)16-9-14(17)11-3-2-4-12(15)8-11/h2-4,8,10,13-14,16-17H,5-7,9H2,1H3. The van der Waals surface area contributed by atoms with Gasteiger partial charge in [0, 0.05) is 23.7 Å². The van der Waals surface area contributed by atoms with Crippen molar-refractivity contribution in [1.82, 2.24) is 5.32 Å². The maximum Gasteiger partial charge on any atom is 0.0914 e. The van der Waals surface area contributed by atoms with Gasteiger partial charge >= 0.3 is 0 Å². The summed E-state index contributed by atoms with van der Waals surface area (Å²) in [6, 6.07) is 8.27. The molecule has 3 unspecified atom stereocenters. The Bertz CT molecular complexity index is 386. The molecule has 1 saturated heterocycles. The third kappa shape index (κ3) is 4.05. The number of benzene rings is 1. The number of ether oxygens (including phenoxy) is 1. The molecule has 0 spiro atoms. The quantitative estimate of drug-likeness (QED) is 0.898. The highest BCUT2D eigenvalue weighted by Crippen LogP contribution is 2.19. The Labute approximate surface area is 117 Å². The topological polar surface area (TPSA) is 41.5 Å². The average Bonchev–Trinajstić information content (AvgIpc) is 2.36. The van der Waals surface area contributed by atoms with Gasteiger partial charge in [0.15, 0.2) is 0 Å². The second kappa shape index (κ2) is 6.66. The summed E-state index contributed by atoms with van der Waals surface area (Å²) >= 11 is 3.42. The van der Waals surface area contributed by atoms with Crippen LogP contribution in [0.4, 0.5) is 0 Å². The summed E-state index contributed by atoms with van der Waals surface area (Å²) in [5, 5.41) is 13.6. The number of hydrogen-bond donors (Lipinski definition) is 2. The molecule has 100 valence electrons. The van der Waals surface area contributed by atoms with Crippen LogP contribution in [-0.4, -0.2) is 30.4 Å². The number of aliphatic hydroxyl groups is 1. The maximum atomic E-state index is 10.1. The summed E-state index contributed by atoms with van der Waals surface area (Å²) < 4.78 is 6.51. The zero-order valence-corrected chi connectivity index (χ0v) is 12.2. The molecule has 4 heteroatoms. The molecule has 18 heavy (non-hydrogen) atoms. The fourth-order valence-corrected chi connectivity index (χ4v) is 2.71. The van der Waals surface area contributed by atoms with Gasteiger partial charge in [-0.1, -0.05) is 28.1 Å². The van der Waals surface area contributed by atoms with Crippen molar-refractivity contribution in [1.29, 1.82) is 0 Å². The average molecular weight is 314 g/mol. The number of rotatable bonds is 4. The lowest BCUT2D eigenvalue weighted by Crippen LogP contribution is -2.39. The molecule has 1 fully saturated rings. The monoisotopic (exact) mass is 313 g/mol. The molecule has 1 aromatic carbocycles. The number of aliphatic hydroxyl groups excluding tert-OH is 1. The maximum absolute atomic E-state index is 10.1. The second-order valence-corrected chi connectivity index (χ2v) is 5.80. The minimum absolute atomic E-state index is 0.319. The van der Waals surface area contributed by atoms with E-state index < -0.39 is 6.10 Å². The molecule has 3 atom stereocenters. The van der Waals surface area contributed by atoms with Crippen molar-refractivity contribution in [2.75, 3.05) is 13.2 Å². The van der Waals surface area contributed by atoms with E-state index in [0.717, 1.165) is 29.5 Å². The fourth-order valence-electron chi connectivity index (χ4n) is 2.29. The molecule has 1 heterocycles. The molecule has 3 nitrogen and oxygen atoms in total. The van der Waals surface area contributed by atoms with Gasteiger partial charge < -0.3 is 15.2 Å². The van der Waals surface area contributed by atoms with Crippen LogP contribution < -0.4 is 5.32 Å². The van der Waals surface area contributed by atoms with Gasteiger partial charge in [0.05, 0.1) is 12.2 Å². The SMILES string of the molecule is CC1CC(NCC(O)c2cccc(Br)c2)CCO1. The van der Waals surface area contributed by atoms with Gasteiger partial charge in [-0.3, -0.25) is 0 Å². The highest BCUT2D eigenvalue weighted by Gasteiger charge is 2.19. The van der Waals surface area contributed by atoms with Gasteiger partial charge in [0.1, 0.15) is 0 Å². The van der Waals surface area contributed by atoms with Crippen molar-refractivity contribution in [3.8, 4) is 0 Å². The van der Waals surface area contributed by atoms with E-state index in [1.807, 2.05) is 24.3 Å². The Hall–Kier alpha value is -0.420. The van der Waals surface area contributed by atoms with Crippen LogP contribution in [0.2, 0.25) is 0 Å². The third-order valence-corrected chi connectivity index (χ3v) is 3.81. The molecule has 0 amide bonds. The summed E-state index contributed by atoms with van der Waals surface area (Å²) in [6.07, 6.45) is 1.90. The van der Waals surface area contributed by atoms with Crippen LogP contribution in [0.5, 0.6) is 0 Å². The zero-order valence-electron chi connectivity index (χ0n) is 10.6. The smallest absolute Gasteiger partial charge is 0.0914 e. The van der Waals surface area contributed by atoms with Gasteiger partial charge in [0.25, 0.3) is 0 Å². The Morgan fingerprint density at radius 3 is 3.11 bits per heavy atom. The van der Waals surface area contributed by atoms with Crippen molar-refractivity contribution in [2.24, 2.45) is 0 Å². The first-order valence-electron chi connectivity index (χ1n) is 6.43. The lowest BCUT2D eigenvalue weighted by Gasteiger charge is -2.28. The highest BCUT2D eigenvalue weighted by molar-refractivity contribution is 9.10. The normalized spacial score (nSPS) is 25.9. The van der Waals surface area contributed by atoms with Gasteiger partial charge in [-0.25, -0.2) is 0 Å². The second-order valence-electron chi connectivity index (χ2n) is 4.88. The van der Waals surface area contributed by atoms with Gasteiger partial charge in [-0.15, -0.1) is 0 Å². The molecule has 1 aliphatic rings. The predicted molar refractivity (Wildman–Crippen MR) is 75.5 cm³/mol. The summed E-state index contributed by atoms with van der Waals surface area (Å²) in [5.74, 6) is 0. The van der Waals surface area contributed by atoms with Crippen molar-refractivity contribution >= 4 is 15.9 Å². The minimum Gasteiger partial charge on any atom is -0.387 e. The number of halogens is 1. The molecule has 0 radical (unpaired) electrons. The van der Waals surface area contributed by atoms with E-state index in [0.29, 0.717) is 18.7 Å². The largest absolute Gasteiger partial charge is 0.387 e. The molecule has 0 aliphatic carbocycles. The van der Waals surface area contributed by atoms with E-state index in [9.17, 15) is 5.11 Å². The zero-order chi connectivity index (χ0) is 13.0. The molecule has 2 N–H and O–H groups in total. The van der Waals surface area contributed by atoms with Gasteiger partial charge in [0.2, 0.25) is 0 Å². The molecule has 2 rings (SSSR count). The van der Waals surface area contributed by atoms with Crippen molar-refractivity contribution in [2.45, 2.75) is 38.0 Å². The Morgan fingerprint density at radius 2 is 2.39 bits per heavy atom. The van der Waals surface area contributed by atoms with Crippen LogP contribution in [0.25, 0.3) is 0 Å². The lowest BCUT2D eigenvalue weighted by atomic mass is 10.0. The van der Waals surface area contributed by atoms with E-state index in [4.69, 9.17) is 4.74 Å². The number of nitrogens with one attached hydrogen (secondary N) is 1. The van der Waals surface area contributed by atoms with Crippen molar-refractivity contribution < 1.29 is 9.84 Å². The van der Waals surface area contributed by atoms with E-state index in [1.54, 1.807) is 0 Å². The van der Waals surface area contributed by atoms with Gasteiger partial charge in [-0.2, -0.15) is 0 Å².